The number of nitrogens with one attached hydrogen (secondary N) is 1. The van der Waals surface area contributed by atoms with Crippen LogP contribution in [-0.4, -0.2) is 29.5 Å². The Bertz CT molecular complexity index is 972. The first kappa shape index (κ1) is 21.9. The molecule has 1 aromatic carbocycles. The van der Waals surface area contributed by atoms with Gasteiger partial charge < -0.3 is 14.6 Å². The largest absolute Gasteiger partial charge is 0.455 e. The molecule has 2 heterocycles. The number of amides is 1. The number of carbonyl (C=O) groups is 1. The van der Waals surface area contributed by atoms with Crippen molar-refractivity contribution in [3.63, 3.8) is 0 Å². The Kier molecular flexibility index (Phi) is 7.52. The molecule has 0 atom stereocenters. The first-order valence-corrected chi connectivity index (χ1v) is 11.1. The van der Waals surface area contributed by atoms with Gasteiger partial charge in [0, 0.05) is 31.9 Å². The van der Waals surface area contributed by atoms with Gasteiger partial charge in [0.2, 0.25) is 0 Å². The number of furan rings is 1. The van der Waals surface area contributed by atoms with E-state index in [1.54, 1.807) is 6.07 Å². The smallest absolute Gasteiger partial charge is 0.286 e. The van der Waals surface area contributed by atoms with Crippen LogP contribution in [0.15, 0.2) is 58.1 Å². The average Bonchev–Trinajstić information content (AvgIpc) is 3.22. The SMILES string of the molecule is CCNC(=O)c1ccc(CSc2nc(C(C)C)cc(N(C)Cc3ccccc3)n2)o1. The Hall–Kier alpha value is -2.80. The molecule has 0 unspecified atom stereocenters. The Balaban J connectivity index is 1.73. The lowest BCUT2D eigenvalue weighted by Gasteiger charge is -2.20. The van der Waals surface area contributed by atoms with E-state index in [4.69, 9.17) is 14.4 Å². The predicted molar refractivity (Wildman–Crippen MR) is 121 cm³/mol. The molecule has 1 amide bonds. The average molecular weight is 425 g/mol. The molecule has 158 valence electrons. The molecule has 30 heavy (non-hydrogen) atoms. The third kappa shape index (κ3) is 5.86. The highest BCUT2D eigenvalue weighted by Gasteiger charge is 2.14. The highest BCUT2D eigenvalue weighted by Crippen LogP contribution is 2.26. The molecule has 0 saturated heterocycles. The third-order valence-corrected chi connectivity index (χ3v) is 5.39. The summed E-state index contributed by atoms with van der Waals surface area (Å²) in [7, 11) is 2.04. The minimum atomic E-state index is -0.198. The van der Waals surface area contributed by atoms with Gasteiger partial charge in [-0.3, -0.25) is 4.79 Å². The topological polar surface area (TPSA) is 71.3 Å². The zero-order chi connectivity index (χ0) is 21.5. The van der Waals surface area contributed by atoms with Crippen molar-refractivity contribution >= 4 is 23.5 Å². The van der Waals surface area contributed by atoms with Crippen LogP contribution in [0.5, 0.6) is 0 Å². The number of hydrogen-bond donors (Lipinski definition) is 1. The van der Waals surface area contributed by atoms with Crippen LogP contribution in [0.1, 0.15) is 54.3 Å². The molecule has 0 aliphatic carbocycles. The van der Waals surface area contributed by atoms with E-state index in [0.29, 0.717) is 29.1 Å². The van der Waals surface area contributed by atoms with Crippen molar-refractivity contribution in [1.82, 2.24) is 15.3 Å². The fraction of sp³-hybridized carbons (Fsp3) is 0.348. The number of aromatic nitrogens is 2. The van der Waals surface area contributed by atoms with Crippen molar-refractivity contribution in [2.75, 3.05) is 18.5 Å². The number of nitrogens with zero attached hydrogens (tertiary/aromatic N) is 3. The van der Waals surface area contributed by atoms with Crippen LogP contribution in [0.3, 0.4) is 0 Å². The first-order valence-electron chi connectivity index (χ1n) is 10.1. The predicted octanol–water partition coefficient (Wildman–Crippen LogP) is 4.87. The summed E-state index contributed by atoms with van der Waals surface area (Å²) in [5.74, 6) is 2.60. The van der Waals surface area contributed by atoms with E-state index < -0.39 is 0 Å². The van der Waals surface area contributed by atoms with Gasteiger partial charge in [0.15, 0.2) is 10.9 Å². The second-order valence-electron chi connectivity index (χ2n) is 7.34. The normalized spacial score (nSPS) is 11.0. The number of thioether (sulfide) groups is 1. The van der Waals surface area contributed by atoms with Crippen LogP contribution < -0.4 is 10.2 Å². The van der Waals surface area contributed by atoms with Gasteiger partial charge in [-0.1, -0.05) is 55.9 Å². The van der Waals surface area contributed by atoms with Crippen molar-refractivity contribution in [2.45, 2.75) is 44.1 Å². The van der Waals surface area contributed by atoms with Crippen molar-refractivity contribution in [3.05, 3.63) is 71.3 Å². The standard InChI is InChI=1S/C23H28N4O2S/c1-5-24-22(28)20-12-11-18(29-20)15-30-23-25-19(16(2)3)13-21(26-23)27(4)14-17-9-7-6-8-10-17/h6-13,16H,5,14-15H2,1-4H3,(H,24,28). The quantitative estimate of drug-likeness (QED) is 0.390. The van der Waals surface area contributed by atoms with E-state index >= 15 is 0 Å². The van der Waals surface area contributed by atoms with Gasteiger partial charge >= 0.3 is 0 Å². The van der Waals surface area contributed by atoms with E-state index in [1.165, 1.54) is 17.3 Å². The van der Waals surface area contributed by atoms with Crippen LogP contribution in [0.2, 0.25) is 0 Å². The highest BCUT2D eigenvalue weighted by molar-refractivity contribution is 7.98. The van der Waals surface area contributed by atoms with Gasteiger partial charge in [0.05, 0.1) is 5.75 Å². The minimum absolute atomic E-state index is 0.198. The number of hydrogen-bond acceptors (Lipinski definition) is 6. The van der Waals surface area contributed by atoms with Crippen LogP contribution in [0.25, 0.3) is 0 Å². The van der Waals surface area contributed by atoms with Gasteiger partial charge in [0.25, 0.3) is 5.91 Å². The Labute approximate surface area is 182 Å². The van der Waals surface area contributed by atoms with Crippen LogP contribution in [-0.2, 0) is 12.3 Å². The lowest BCUT2D eigenvalue weighted by Crippen LogP contribution is -2.21. The molecule has 0 fully saturated rings. The molecule has 3 aromatic rings. The maximum Gasteiger partial charge on any atom is 0.286 e. The minimum Gasteiger partial charge on any atom is -0.455 e. The van der Waals surface area contributed by atoms with Crippen molar-refractivity contribution in [1.29, 1.82) is 0 Å². The van der Waals surface area contributed by atoms with Gasteiger partial charge in [-0.25, -0.2) is 9.97 Å². The van der Waals surface area contributed by atoms with Crippen molar-refractivity contribution in [3.8, 4) is 0 Å². The maximum atomic E-state index is 11.9. The summed E-state index contributed by atoms with van der Waals surface area (Å²) in [6.07, 6.45) is 0. The first-order chi connectivity index (χ1) is 14.5. The molecular formula is C23H28N4O2S. The zero-order valence-corrected chi connectivity index (χ0v) is 18.7. The van der Waals surface area contributed by atoms with E-state index in [-0.39, 0.29) is 5.91 Å². The van der Waals surface area contributed by atoms with Crippen LogP contribution in [0.4, 0.5) is 5.82 Å². The second kappa shape index (κ2) is 10.3. The lowest BCUT2D eigenvalue weighted by molar-refractivity contribution is 0.0927. The molecule has 0 spiro atoms. The number of rotatable bonds is 9. The van der Waals surface area contributed by atoms with Crippen LogP contribution >= 0.6 is 11.8 Å². The van der Waals surface area contributed by atoms with Crippen molar-refractivity contribution in [2.24, 2.45) is 0 Å². The molecule has 0 aliphatic heterocycles. The van der Waals surface area contributed by atoms with Gasteiger partial charge in [0.1, 0.15) is 11.6 Å². The summed E-state index contributed by atoms with van der Waals surface area (Å²) in [5, 5.41) is 3.44. The second-order valence-corrected chi connectivity index (χ2v) is 8.29. The number of benzene rings is 1. The molecule has 0 bridgehead atoms. The summed E-state index contributed by atoms with van der Waals surface area (Å²) in [6.45, 7) is 7.47. The molecule has 1 N–H and O–H groups in total. The molecule has 2 aromatic heterocycles. The molecule has 7 heteroatoms. The third-order valence-electron chi connectivity index (χ3n) is 4.52. The van der Waals surface area contributed by atoms with E-state index in [2.05, 4.69) is 42.3 Å². The van der Waals surface area contributed by atoms with E-state index in [1.807, 2.05) is 38.2 Å². The van der Waals surface area contributed by atoms with Crippen molar-refractivity contribution < 1.29 is 9.21 Å². The van der Waals surface area contributed by atoms with Crippen LogP contribution in [0, 0.1) is 0 Å². The molecule has 0 saturated carbocycles. The fourth-order valence-electron chi connectivity index (χ4n) is 2.89. The molecule has 0 aliphatic rings. The van der Waals surface area contributed by atoms with Gasteiger partial charge in [-0.15, -0.1) is 0 Å². The Morgan fingerprint density at radius 2 is 1.93 bits per heavy atom. The van der Waals surface area contributed by atoms with Gasteiger partial charge in [-0.05, 0) is 30.5 Å². The summed E-state index contributed by atoms with van der Waals surface area (Å²) < 4.78 is 5.66. The van der Waals surface area contributed by atoms with Gasteiger partial charge in [-0.2, -0.15) is 0 Å². The summed E-state index contributed by atoms with van der Waals surface area (Å²) >= 11 is 1.51. The fourth-order valence-corrected chi connectivity index (χ4v) is 3.64. The Morgan fingerprint density at radius 1 is 1.17 bits per heavy atom. The molecule has 3 rings (SSSR count). The maximum absolute atomic E-state index is 11.9. The number of anilines is 1. The summed E-state index contributed by atoms with van der Waals surface area (Å²) in [4.78, 5) is 23.5. The Morgan fingerprint density at radius 3 is 2.63 bits per heavy atom. The summed E-state index contributed by atoms with van der Waals surface area (Å²) in [6, 6.07) is 15.9. The summed E-state index contributed by atoms with van der Waals surface area (Å²) in [5.41, 5.74) is 2.23. The highest BCUT2D eigenvalue weighted by atomic mass is 32.2. The number of carbonyl (C=O) groups excluding carboxylic acids is 1. The monoisotopic (exact) mass is 424 g/mol. The van der Waals surface area contributed by atoms with E-state index in [0.717, 1.165) is 23.8 Å². The molecule has 6 nitrogen and oxygen atoms in total. The van der Waals surface area contributed by atoms with E-state index in [9.17, 15) is 4.79 Å². The molecule has 0 radical (unpaired) electrons. The lowest BCUT2D eigenvalue weighted by atomic mass is 10.1. The molecular weight excluding hydrogens is 396 g/mol. The zero-order valence-electron chi connectivity index (χ0n) is 17.9.